The van der Waals surface area contributed by atoms with Crippen molar-refractivity contribution in [2.24, 2.45) is 7.05 Å². The Labute approximate surface area is 111 Å². The topological polar surface area (TPSA) is 39.1 Å². The molecule has 0 aliphatic carbocycles. The third-order valence-electron chi connectivity index (χ3n) is 2.88. The van der Waals surface area contributed by atoms with Gasteiger partial charge in [0, 0.05) is 32.5 Å². The van der Waals surface area contributed by atoms with E-state index in [1.165, 1.54) is 12.0 Å². The molecule has 0 aliphatic heterocycles. The highest BCUT2D eigenvalue weighted by Gasteiger charge is 2.09. The van der Waals surface area contributed by atoms with Crippen LogP contribution in [0.2, 0.25) is 0 Å². The number of ether oxygens (including phenoxy) is 1. The third kappa shape index (κ3) is 6.17. The van der Waals surface area contributed by atoms with Gasteiger partial charge in [-0.1, -0.05) is 13.8 Å². The predicted molar refractivity (Wildman–Crippen MR) is 74.7 cm³/mol. The summed E-state index contributed by atoms with van der Waals surface area (Å²) in [5.41, 5.74) is 1.29. The lowest BCUT2D eigenvalue weighted by molar-refractivity contribution is 0.124. The fraction of sp³-hybridized carbons (Fsp3) is 0.786. The molecule has 0 aromatic carbocycles. The van der Waals surface area contributed by atoms with Crippen LogP contribution in [0.3, 0.4) is 0 Å². The van der Waals surface area contributed by atoms with Crippen LogP contribution in [0.5, 0.6) is 0 Å². The van der Waals surface area contributed by atoms with E-state index in [-0.39, 0.29) is 0 Å². The van der Waals surface area contributed by atoms with E-state index in [9.17, 15) is 0 Å². The van der Waals surface area contributed by atoms with Crippen molar-refractivity contribution in [1.29, 1.82) is 0 Å². The van der Waals surface area contributed by atoms with Crippen LogP contribution in [0.4, 0.5) is 0 Å². The molecule has 1 N–H and O–H groups in total. The first kappa shape index (κ1) is 15.2. The number of aromatic nitrogens is 2. The second-order valence-corrected chi connectivity index (χ2v) is 4.78. The van der Waals surface area contributed by atoms with E-state index in [0.717, 1.165) is 39.0 Å². The second kappa shape index (κ2) is 9.11. The second-order valence-electron chi connectivity index (χ2n) is 4.78. The summed E-state index contributed by atoms with van der Waals surface area (Å²) >= 11 is 0. The highest BCUT2D eigenvalue weighted by atomic mass is 16.5. The van der Waals surface area contributed by atoms with E-state index in [2.05, 4.69) is 30.5 Å². The largest absolute Gasteiger partial charge is 0.381 e. The van der Waals surface area contributed by atoms with Crippen molar-refractivity contribution in [2.75, 3.05) is 19.8 Å². The fourth-order valence-corrected chi connectivity index (χ4v) is 1.96. The summed E-state index contributed by atoms with van der Waals surface area (Å²) in [5.74, 6) is 0. The number of nitrogens with one attached hydrogen (secondary N) is 1. The Morgan fingerprint density at radius 2 is 2.17 bits per heavy atom. The Morgan fingerprint density at radius 3 is 2.78 bits per heavy atom. The molecule has 104 valence electrons. The minimum absolute atomic E-state index is 0.492. The molecular weight excluding hydrogens is 226 g/mol. The van der Waals surface area contributed by atoms with Crippen LogP contribution in [0, 0.1) is 0 Å². The standard InChI is InChI=1S/C14H27N3O/c1-4-7-15-14(6-9-18-8-5-2)10-13-11-16-17(3)12-13/h11-12,14-15H,4-10H2,1-3H3. The molecule has 1 unspecified atom stereocenters. The van der Waals surface area contributed by atoms with Crippen LogP contribution in [0.1, 0.15) is 38.7 Å². The Balaban J connectivity index is 2.34. The normalized spacial score (nSPS) is 12.8. The lowest BCUT2D eigenvalue weighted by Crippen LogP contribution is -2.33. The van der Waals surface area contributed by atoms with E-state index in [1.807, 2.05) is 17.9 Å². The summed E-state index contributed by atoms with van der Waals surface area (Å²) in [4.78, 5) is 0. The predicted octanol–water partition coefficient (Wildman–Crippen LogP) is 2.15. The Morgan fingerprint density at radius 1 is 1.33 bits per heavy atom. The van der Waals surface area contributed by atoms with E-state index in [1.54, 1.807) is 0 Å². The average Bonchev–Trinajstić information content (AvgIpc) is 2.77. The molecule has 0 saturated heterocycles. The smallest absolute Gasteiger partial charge is 0.0522 e. The SMILES string of the molecule is CCCNC(CCOCCC)Cc1cnn(C)c1. The van der Waals surface area contributed by atoms with Gasteiger partial charge in [0.25, 0.3) is 0 Å². The fourth-order valence-electron chi connectivity index (χ4n) is 1.96. The molecule has 0 spiro atoms. The Kier molecular flexibility index (Phi) is 7.69. The zero-order chi connectivity index (χ0) is 13.2. The van der Waals surface area contributed by atoms with Crippen molar-refractivity contribution >= 4 is 0 Å². The van der Waals surface area contributed by atoms with Crippen LogP contribution in [0.25, 0.3) is 0 Å². The number of nitrogens with zero attached hydrogens (tertiary/aromatic N) is 2. The first-order valence-corrected chi connectivity index (χ1v) is 7.04. The molecule has 18 heavy (non-hydrogen) atoms. The van der Waals surface area contributed by atoms with Gasteiger partial charge in [0.1, 0.15) is 0 Å². The first-order chi connectivity index (χ1) is 8.76. The summed E-state index contributed by atoms with van der Waals surface area (Å²) in [6, 6.07) is 0.492. The van der Waals surface area contributed by atoms with Crippen molar-refractivity contribution in [3.05, 3.63) is 18.0 Å². The lowest BCUT2D eigenvalue weighted by Gasteiger charge is -2.17. The number of rotatable bonds is 10. The highest BCUT2D eigenvalue weighted by Crippen LogP contribution is 2.05. The maximum Gasteiger partial charge on any atom is 0.0522 e. The molecule has 1 aromatic rings. The number of hydrogen-bond acceptors (Lipinski definition) is 3. The van der Waals surface area contributed by atoms with Crippen LogP contribution in [-0.4, -0.2) is 35.6 Å². The van der Waals surface area contributed by atoms with Crippen molar-refractivity contribution in [2.45, 2.75) is 45.6 Å². The summed E-state index contributed by atoms with van der Waals surface area (Å²) < 4.78 is 7.44. The molecule has 4 nitrogen and oxygen atoms in total. The molecule has 0 aliphatic rings. The lowest BCUT2D eigenvalue weighted by atomic mass is 10.1. The molecule has 1 heterocycles. The summed E-state index contributed by atoms with van der Waals surface area (Å²) in [5, 5.41) is 7.80. The van der Waals surface area contributed by atoms with Gasteiger partial charge in [0.2, 0.25) is 0 Å². The highest BCUT2D eigenvalue weighted by molar-refractivity contribution is 5.05. The minimum Gasteiger partial charge on any atom is -0.381 e. The van der Waals surface area contributed by atoms with Crippen molar-refractivity contribution < 1.29 is 4.74 Å². The Bertz CT molecular complexity index is 312. The average molecular weight is 253 g/mol. The first-order valence-electron chi connectivity index (χ1n) is 7.04. The molecule has 0 fully saturated rings. The monoisotopic (exact) mass is 253 g/mol. The molecular formula is C14H27N3O. The molecule has 4 heteroatoms. The van der Waals surface area contributed by atoms with E-state index < -0.39 is 0 Å². The van der Waals surface area contributed by atoms with Crippen molar-refractivity contribution in [3.8, 4) is 0 Å². The van der Waals surface area contributed by atoms with Crippen LogP contribution >= 0.6 is 0 Å². The minimum atomic E-state index is 0.492. The summed E-state index contributed by atoms with van der Waals surface area (Å²) in [7, 11) is 1.96. The summed E-state index contributed by atoms with van der Waals surface area (Å²) in [6.45, 7) is 7.12. The van der Waals surface area contributed by atoms with Gasteiger partial charge in [-0.15, -0.1) is 0 Å². The molecule has 0 amide bonds. The van der Waals surface area contributed by atoms with E-state index in [4.69, 9.17) is 4.74 Å². The van der Waals surface area contributed by atoms with Crippen molar-refractivity contribution in [1.82, 2.24) is 15.1 Å². The van der Waals surface area contributed by atoms with Gasteiger partial charge in [0.15, 0.2) is 0 Å². The van der Waals surface area contributed by atoms with E-state index in [0.29, 0.717) is 6.04 Å². The molecule has 1 rings (SSSR count). The maximum absolute atomic E-state index is 5.58. The van der Waals surface area contributed by atoms with Gasteiger partial charge in [-0.3, -0.25) is 4.68 Å². The van der Waals surface area contributed by atoms with Crippen LogP contribution < -0.4 is 5.32 Å². The van der Waals surface area contributed by atoms with Gasteiger partial charge in [-0.05, 0) is 37.8 Å². The molecule has 0 bridgehead atoms. The van der Waals surface area contributed by atoms with Crippen molar-refractivity contribution in [3.63, 3.8) is 0 Å². The zero-order valence-corrected chi connectivity index (χ0v) is 12.0. The van der Waals surface area contributed by atoms with Gasteiger partial charge in [-0.2, -0.15) is 5.10 Å². The van der Waals surface area contributed by atoms with Gasteiger partial charge in [0.05, 0.1) is 6.20 Å². The number of hydrogen-bond donors (Lipinski definition) is 1. The maximum atomic E-state index is 5.58. The van der Waals surface area contributed by atoms with Gasteiger partial charge < -0.3 is 10.1 Å². The summed E-state index contributed by atoms with van der Waals surface area (Å²) in [6.07, 6.45) is 8.40. The molecule has 0 radical (unpaired) electrons. The zero-order valence-electron chi connectivity index (χ0n) is 12.0. The van der Waals surface area contributed by atoms with Crippen LogP contribution in [0.15, 0.2) is 12.4 Å². The third-order valence-corrected chi connectivity index (χ3v) is 2.88. The van der Waals surface area contributed by atoms with Gasteiger partial charge >= 0.3 is 0 Å². The van der Waals surface area contributed by atoms with Gasteiger partial charge in [-0.25, -0.2) is 0 Å². The van der Waals surface area contributed by atoms with Crippen LogP contribution in [-0.2, 0) is 18.2 Å². The van der Waals surface area contributed by atoms with E-state index >= 15 is 0 Å². The quantitative estimate of drug-likeness (QED) is 0.649. The Hall–Kier alpha value is -0.870. The number of aryl methyl sites for hydroxylation is 1. The molecule has 0 saturated carbocycles. The molecule has 1 atom stereocenters. The molecule has 1 aromatic heterocycles.